The Balaban J connectivity index is 1.77. The first-order valence-corrected chi connectivity index (χ1v) is 13.8. The maximum absolute atomic E-state index is 13.3. The number of methoxy groups -OCH3 is 1. The number of ether oxygens (including phenoxy) is 1. The topological polar surface area (TPSA) is 118 Å². The van der Waals surface area contributed by atoms with Crippen molar-refractivity contribution in [3.05, 3.63) is 93.2 Å². The van der Waals surface area contributed by atoms with Crippen molar-refractivity contribution < 1.29 is 35.9 Å². The molecular weight excluding hydrogens is 596 g/mol. The minimum atomic E-state index is -4.57. The standard InChI is InChI=1S/C25H23Cl2F3N4O5S/c1-39-24(36)31-11-12-40(37,38)34(15-18-3-2-4-20(26)22(18)27)19-8-6-17(7-9-19)23(35)33-14-16-5-10-21(32-13-16)25(28,29)30/h2-10,13H,11-12,14-15H2,1H3,(H,31,36)(H,33,35). The molecule has 0 atom stereocenters. The van der Waals surface area contributed by atoms with E-state index < -0.39 is 39.6 Å². The number of carbonyl (C=O) groups is 2. The fourth-order valence-electron chi connectivity index (χ4n) is 3.40. The van der Waals surface area contributed by atoms with Crippen molar-refractivity contribution in [3.63, 3.8) is 0 Å². The molecule has 3 aromatic rings. The molecule has 2 N–H and O–H groups in total. The molecule has 214 valence electrons. The first kappa shape index (κ1) is 31.0. The van der Waals surface area contributed by atoms with E-state index in [-0.39, 0.29) is 40.9 Å². The van der Waals surface area contributed by atoms with Gasteiger partial charge in [0.1, 0.15) is 5.69 Å². The smallest absolute Gasteiger partial charge is 0.433 e. The van der Waals surface area contributed by atoms with E-state index in [0.717, 1.165) is 23.7 Å². The summed E-state index contributed by atoms with van der Waals surface area (Å²) < 4.78 is 70.1. The third-order valence-corrected chi connectivity index (χ3v) is 8.07. The van der Waals surface area contributed by atoms with E-state index in [9.17, 15) is 31.2 Å². The van der Waals surface area contributed by atoms with Gasteiger partial charge in [0, 0.05) is 24.8 Å². The van der Waals surface area contributed by atoms with Crippen molar-refractivity contribution >= 4 is 50.9 Å². The lowest BCUT2D eigenvalue weighted by molar-refractivity contribution is -0.141. The van der Waals surface area contributed by atoms with Crippen LogP contribution in [0.4, 0.5) is 23.7 Å². The Kier molecular flexibility index (Phi) is 10.2. The lowest BCUT2D eigenvalue weighted by atomic mass is 10.1. The summed E-state index contributed by atoms with van der Waals surface area (Å²) >= 11 is 12.4. The summed E-state index contributed by atoms with van der Waals surface area (Å²) in [6.45, 7) is -0.493. The maximum atomic E-state index is 13.3. The number of anilines is 1. The van der Waals surface area contributed by atoms with Crippen LogP contribution in [0.2, 0.25) is 10.0 Å². The second-order valence-electron chi connectivity index (χ2n) is 8.23. The largest absolute Gasteiger partial charge is 0.453 e. The van der Waals surface area contributed by atoms with Crippen molar-refractivity contribution in [2.45, 2.75) is 19.3 Å². The van der Waals surface area contributed by atoms with Crippen molar-refractivity contribution in [1.82, 2.24) is 15.6 Å². The zero-order chi connectivity index (χ0) is 29.5. The van der Waals surface area contributed by atoms with Crippen LogP contribution in [0.1, 0.15) is 27.2 Å². The van der Waals surface area contributed by atoms with Crippen LogP contribution >= 0.6 is 23.2 Å². The molecule has 9 nitrogen and oxygen atoms in total. The van der Waals surface area contributed by atoms with Crippen LogP contribution < -0.4 is 14.9 Å². The summed E-state index contributed by atoms with van der Waals surface area (Å²) in [6, 6.07) is 12.4. The van der Waals surface area contributed by atoms with Crippen LogP contribution in [0.3, 0.4) is 0 Å². The van der Waals surface area contributed by atoms with Gasteiger partial charge in [-0.1, -0.05) is 41.4 Å². The van der Waals surface area contributed by atoms with Crippen LogP contribution in [0.15, 0.2) is 60.8 Å². The Bertz CT molecular complexity index is 1450. The Labute approximate surface area is 238 Å². The van der Waals surface area contributed by atoms with Gasteiger partial charge in [-0.2, -0.15) is 13.2 Å². The van der Waals surface area contributed by atoms with Gasteiger partial charge in [-0.3, -0.25) is 14.1 Å². The molecule has 40 heavy (non-hydrogen) atoms. The van der Waals surface area contributed by atoms with Gasteiger partial charge in [-0.25, -0.2) is 13.2 Å². The lowest BCUT2D eigenvalue weighted by Crippen LogP contribution is -2.37. The monoisotopic (exact) mass is 618 g/mol. The van der Waals surface area contributed by atoms with Crippen molar-refractivity contribution in [2.24, 2.45) is 0 Å². The first-order chi connectivity index (χ1) is 18.8. The SMILES string of the molecule is COC(=O)NCCS(=O)(=O)N(Cc1cccc(Cl)c1Cl)c1ccc(C(=O)NCc2ccc(C(F)(F)F)nc2)cc1. The highest BCUT2D eigenvalue weighted by molar-refractivity contribution is 7.92. The second kappa shape index (κ2) is 13.2. The zero-order valence-corrected chi connectivity index (χ0v) is 23.2. The number of benzene rings is 2. The van der Waals surface area contributed by atoms with E-state index >= 15 is 0 Å². The van der Waals surface area contributed by atoms with Crippen LogP contribution in [-0.4, -0.2) is 44.8 Å². The summed E-state index contributed by atoms with van der Waals surface area (Å²) in [7, 11) is -2.88. The number of alkyl carbamates (subject to hydrolysis) is 1. The normalized spacial score (nSPS) is 11.6. The number of pyridine rings is 1. The van der Waals surface area contributed by atoms with E-state index in [1.165, 1.54) is 30.3 Å². The summed E-state index contributed by atoms with van der Waals surface area (Å²) in [6.07, 6.45) is -4.34. The van der Waals surface area contributed by atoms with Gasteiger partial charge in [0.2, 0.25) is 10.0 Å². The quantitative estimate of drug-likeness (QED) is 0.329. The Morgan fingerprint density at radius 3 is 2.33 bits per heavy atom. The molecule has 0 bridgehead atoms. The van der Waals surface area contributed by atoms with Crippen LogP contribution in [0.25, 0.3) is 0 Å². The van der Waals surface area contributed by atoms with Crippen molar-refractivity contribution in [1.29, 1.82) is 0 Å². The number of sulfonamides is 1. The molecule has 0 unspecified atom stereocenters. The number of rotatable bonds is 10. The number of aromatic nitrogens is 1. The lowest BCUT2D eigenvalue weighted by Gasteiger charge is -2.25. The summed E-state index contributed by atoms with van der Waals surface area (Å²) in [5.41, 5.74) is 0.115. The molecule has 0 spiro atoms. The molecule has 0 aliphatic carbocycles. The van der Waals surface area contributed by atoms with Gasteiger partial charge in [0.05, 0.1) is 35.1 Å². The van der Waals surface area contributed by atoms with Crippen molar-refractivity contribution in [3.8, 4) is 0 Å². The van der Waals surface area contributed by atoms with Gasteiger partial charge in [-0.05, 0) is 47.5 Å². The fraction of sp³-hybridized carbons (Fsp3) is 0.240. The Hall–Kier alpha value is -3.55. The van der Waals surface area contributed by atoms with E-state index in [4.69, 9.17) is 23.2 Å². The van der Waals surface area contributed by atoms with Gasteiger partial charge < -0.3 is 15.4 Å². The average molecular weight is 619 g/mol. The third-order valence-electron chi connectivity index (χ3n) is 5.48. The molecule has 1 aromatic heterocycles. The molecule has 0 fully saturated rings. The summed E-state index contributed by atoms with van der Waals surface area (Å²) in [4.78, 5) is 27.3. The van der Waals surface area contributed by atoms with Crippen LogP contribution in [0, 0.1) is 0 Å². The average Bonchev–Trinajstić information content (AvgIpc) is 2.92. The number of amides is 2. The predicted molar refractivity (Wildman–Crippen MR) is 144 cm³/mol. The number of nitrogens with zero attached hydrogens (tertiary/aromatic N) is 2. The van der Waals surface area contributed by atoms with E-state index in [1.807, 2.05) is 0 Å². The van der Waals surface area contributed by atoms with E-state index in [0.29, 0.717) is 11.1 Å². The molecule has 0 saturated heterocycles. The summed E-state index contributed by atoms with van der Waals surface area (Å²) in [5.74, 6) is -1.01. The van der Waals surface area contributed by atoms with E-state index in [1.54, 1.807) is 18.2 Å². The molecule has 0 aliphatic rings. The number of nitrogens with one attached hydrogen (secondary N) is 2. The minimum Gasteiger partial charge on any atom is -0.453 e. The van der Waals surface area contributed by atoms with Crippen molar-refractivity contribution in [2.75, 3.05) is 23.7 Å². The van der Waals surface area contributed by atoms with Crippen LogP contribution in [0.5, 0.6) is 0 Å². The van der Waals surface area contributed by atoms with Gasteiger partial charge >= 0.3 is 12.3 Å². The maximum Gasteiger partial charge on any atom is 0.433 e. The van der Waals surface area contributed by atoms with Gasteiger partial charge in [0.25, 0.3) is 5.91 Å². The van der Waals surface area contributed by atoms with Crippen LogP contribution in [-0.2, 0) is 34.0 Å². The highest BCUT2D eigenvalue weighted by Gasteiger charge is 2.32. The fourth-order valence-corrected chi connectivity index (χ4v) is 5.14. The highest BCUT2D eigenvalue weighted by atomic mass is 35.5. The molecule has 0 saturated carbocycles. The summed E-state index contributed by atoms with van der Waals surface area (Å²) in [5, 5.41) is 5.29. The van der Waals surface area contributed by atoms with E-state index in [2.05, 4.69) is 20.4 Å². The number of carbonyl (C=O) groups excluding carboxylic acids is 2. The highest BCUT2D eigenvalue weighted by Crippen LogP contribution is 2.30. The molecule has 0 aliphatic heterocycles. The van der Waals surface area contributed by atoms with Gasteiger partial charge in [0.15, 0.2) is 0 Å². The second-order valence-corrected chi connectivity index (χ2v) is 11.0. The zero-order valence-electron chi connectivity index (χ0n) is 20.8. The molecular formula is C25H23Cl2F3N4O5S. The molecule has 1 heterocycles. The number of hydrogen-bond acceptors (Lipinski definition) is 6. The number of halogens is 5. The molecule has 15 heteroatoms. The number of alkyl halides is 3. The molecule has 0 radical (unpaired) electrons. The Morgan fingerprint density at radius 1 is 1.02 bits per heavy atom. The Morgan fingerprint density at radius 2 is 1.73 bits per heavy atom. The predicted octanol–water partition coefficient (Wildman–Crippen LogP) is 5.03. The number of hydrogen-bond donors (Lipinski definition) is 2. The molecule has 3 rings (SSSR count). The molecule has 2 aromatic carbocycles. The third kappa shape index (κ3) is 8.23. The minimum absolute atomic E-state index is 0.0767. The molecule has 2 amide bonds. The first-order valence-electron chi connectivity index (χ1n) is 11.5. The van der Waals surface area contributed by atoms with Gasteiger partial charge in [-0.15, -0.1) is 0 Å².